The maximum Gasteiger partial charge on any atom is 0.573 e. The first-order chi connectivity index (χ1) is 19.6. The van der Waals surface area contributed by atoms with E-state index >= 15 is 0 Å². The van der Waals surface area contributed by atoms with E-state index in [1.54, 1.807) is 4.90 Å². The lowest BCUT2D eigenvalue weighted by Crippen LogP contribution is -2.51. The zero-order valence-corrected chi connectivity index (χ0v) is 25.2. The van der Waals surface area contributed by atoms with Crippen LogP contribution in [0, 0.1) is 5.92 Å². The summed E-state index contributed by atoms with van der Waals surface area (Å²) in [5.41, 5.74) is 5.49. The predicted octanol–water partition coefficient (Wildman–Crippen LogP) is 5.00. The molecule has 1 heterocycles. The van der Waals surface area contributed by atoms with Gasteiger partial charge in [0.1, 0.15) is 5.75 Å². The molecule has 2 N–H and O–H groups in total. The first kappa shape index (κ1) is 32.1. The summed E-state index contributed by atoms with van der Waals surface area (Å²) < 4.78 is 69.2. The van der Waals surface area contributed by atoms with E-state index in [1.165, 1.54) is 30.3 Å². The van der Waals surface area contributed by atoms with Crippen LogP contribution in [-0.4, -0.2) is 73.9 Å². The standard InChI is InChI=1S/C29H35ClF3N3O5S/c1-17(2)35(3)20-6-11-26(18(14-20)16-42(39,40)22-8-4-19(30)5-9-22)36-13-12-24(28(36)38)23-10-7-21(41-29(31,32)33)15-25(23)27(34)37/h4-5,7-10,15,17-18,20,24,26H,6,11-14,16H2,1-3H3,(H2,34,37)/t18-,20+,24-,26-/m0/s1. The summed E-state index contributed by atoms with van der Waals surface area (Å²) in [5.74, 6) is -3.23. The smallest absolute Gasteiger partial charge is 0.406 e. The van der Waals surface area contributed by atoms with E-state index in [1.807, 2.05) is 7.05 Å². The topological polar surface area (TPSA) is 110 Å². The number of nitrogens with two attached hydrogens (primary N) is 1. The fraction of sp³-hybridized carbons (Fsp3) is 0.517. The number of primary amides is 1. The fourth-order valence-corrected chi connectivity index (χ4v) is 7.98. The highest BCUT2D eigenvalue weighted by atomic mass is 35.5. The number of carbonyl (C=O) groups is 2. The minimum Gasteiger partial charge on any atom is -0.406 e. The largest absolute Gasteiger partial charge is 0.573 e. The van der Waals surface area contributed by atoms with Gasteiger partial charge in [0.05, 0.1) is 16.6 Å². The molecule has 2 fully saturated rings. The van der Waals surface area contributed by atoms with Crippen molar-refractivity contribution in [1.29, 1.82) is 0 Å². The highest BCUT2D eigenvalue weighted by Crippen LogP contribution is 2.40. The normalized spacial score (nSPS) is 23.5. The molecular formula is C29H35ClF3N3O5S. The SMILES string of the molecule is CC(C)N(C)[C@@H]1CC[C@H](N2CC[C@@H](c3ccc(OC(F)(F)F)cc3C(N)=O)C2=O)[C@H](CS(=O)(=O)c2ccc(Cl)cc2)C1. The number of likely N-dealkylation sites (tertiary alicyclic amines) is 1. The van der Waals surface area contributed by atoms with E-state index in [0.717, 1.165) is 18.6 Å². The maximum atomic E-state index is 13.8. The number of benzene rings is 2. The van der Waals surface area contributed by atoms with Gasteiger partial charge in [-0.3, -0.25) is 9.59 Å². The lowest BCUT2D eigenvalue weighted by atomic mass is 9.80. The van der Waals surface area contributed by atoms with Crippen LogP contribution in [0.4, 0.5) is 13.2 Å². The Morgan fingerprint density at radius 2 is 1.81 bits per heavy atom. The number of hydrogen-bond acceptors (Lipinski definition) is 6. The van der Waals surface area contributed by atoms with Crippen molar-refractivity contribution >= 4 is 33.3 Å². The van der Waals surface area contributed by atoms with E-state index in [-0.39, 0.29) is 51.7 Å². The molecule has 2 aliphatic rings. The third kappa shape index (κ3) is 7.20. The molecule has 13 heteroatoms. The van der Waals surface area contributed by atoms with E-state index in [4.69, 9.17) is 17.3 Å². The number of alkyl halides is 3. The first-order valence-corrected chi connectivity index (χ1v) is 15.8. The third-order valence-electron chi connectivity index (χ3n) is 8.45. The van der Waals surface area contributed by atoms with Gasteiger partial charge < -0.3 is 20.3 Å². The van der Waals surface area contributed by atoms with Crippen LogP contribution in [0.3, 0.4) is 0 Å². The highest BCUT2D eigenvalue weighted by Gasteiger charge is 2.45. The molecule has 4 atom stereocenters. The van der Waals surface area contributed by atoms with Gasteiger partial charge in [0.15, 0.2) is 9.84 Å². The number of halogens is 4. The molecule has 0 unspecified atom stereocenters. The molecule has 1 aliphatic heterocycles. The van der Waals surface area contributed by atoms with Gasteiger partial charge in [-0.15, -0.1) is 13.2 Å². The third-order valence-corrected chi connectivity index (χ3v) is 10.6. The predicted molar refractivity (Wildman–Crippen MR) is 152 cm³/mol. The van der Waals surface area contributed by atoms with Gasteiger partial charge in [-0.1, -0.05) is 17.7 Å². The maximum absolute atomic E-state index is 13.8. The number of nitrogens with zero attached hydrogens (tertiary/aromatic N) is 2. The average molecular weight is 630 g/mol. The molecule has 2 aromatic rings. The lowest BCUT2D eigenvalue weighted by molar-refractivity contribution is -0.274. The van der Waals surface area contributed by atoms with Crippen molar-refractivity contribution in [2.75, 3.05) is 19.3 Å². The minimum absolute atomic E-state index is 0.128. The molecular weight excluding hydrogens is 595 g/mol. The molecule has 1 saturated heterocycles. The van der Waals surface area contributed by atoms with Gasteiger partial charge in [-0.25, -0.2) is 8.42 Å². The van der Waals surface area contributed by atoms with Crippen LogP contribution < -0.4 is 10.5 Å². The number of amides is 2. The number of sulfone groups is 1. The zero-order valence-electron chi connectivity index (χ0n) is 23.6. The van der Waals surface area contributed by atoms with Gasteiger partial charge in [0.25, 0.3) is 0 Å². The van der Waals surface area contributed by atoms with E-state index in [0.29, 0.717) is 30.8 Å². The lowest BCUT2D eigenvalue weighted by Gasteiger charge is -2.44. The van der Waals surface area contributed by atoms with Crippen LogP contribution in [-0.2, 0) is 14.6 Å². The van der Waals surface area contributed by atoms with Crippen molar-refractivity contribution in [2.45, 2.75) is 74.8 Å². The van der Waals surface area contributed by atoms with Crippen molar-refractivity contribution in [3.63, 3.8) is 0 Å². The second-order valence-corrected chi connectivity index (χ2v) is 13.8. The van der Waals surface area contributed by atoms with Crippen molar-refractivity contribution in [3.05, 3.63) is 58.6 Å². The van der Waals surface area contributed by atoms with Crippen LogP contribution in [0.15, 0.2) is 47.4 Å². The molecule has 1 aliphatic carbocycles. The van der Waals surface area contributed by atoms with Crippen LogP contribution in [0.1, 0.15) is 61.4 Å². The van der Waals surface area contributed by atoms with Crippen LogP contribution >= 0.6 is 11.6 Å². The Labute approximate surface area is 248 Å². The molecule has 0 radical (unpaired) electrons. The van der Waals surface area contributed by atoms with Gasteiger partial charge in [-0.2, -0.15) is 0 Å². The van der Waals surface area contributed by atoms with Gasteiger partial charge >= 0.3 is 6.36 Å². The second kappa shape index (κ2) is 12.4. The molecule has 42 heavy (non-hydrogen) atoms. The Hall–Kier alpha value is -2.83. The summed E-state index contributed by atoms with van der Waals surface area (Å²) >= 11 is 5.96. The Bertz CT molecular complexity index is 1420. The summed E-state index contributed by atoms with van der Waals surface area (Å²) in [5, 5.41) is 0.421. The molecule has 0 spiro atoms. The van der Waals surface area contributed by atoms with Crippen molar-refractivity contribution in [3.8, 4) is 5.75 Å². The van der Waals surface area contributed by atoms with E-state index in [9.17, 15) is 31.2 Å². The molecule has 2 amide bonds. The fourth-order valence-electron chi connectivity index (χ4n) is 6.19. The molecule has 230 valence electrons. The van der Waals surface area contributed by atoms with Crippen LogP contribution in [0.25, 0.3) is 0 Å². The van der Waals surface area contributed by atoms with E-state index in [2.05, 4.69) is 23.5 Å². The molecule has 4 rings (SSSR count). The number of hydrogen-bond donors (Lipinski definition) is 1. The number of carbonyl (C=O) groups excluding carboxylic acids is 2. The summed E-state index contributed by atoms with van der Waals surface area (Å²) in [6.07, 6.45) is -2.73. The summed E-state index contributed by atoms with van der Waals surface area (Å²) in [6, 6.07) is 9.22. The van der Waals surface area contributed by atoms with E-state index < -0.39 is 33.8 Å². The Morgan fingerprint density at radius 3 is 2.40 bits per heavy atom. The first-order valence-electron chi connectivity index (χ1n) is 13.8. The number of ether oxygens (including phenoxy) is 1. The van der Waals surface area contributed by atoms with Crippen molar-refractivity contribution in [2.24, 2.45) is 11.7 Å². The number of rotatable bonds is 9. The zero-order chi connectivity index (χ0) is 31.0. The minimum atomic E-state index is -4.96. The van der Waals surface area contributed by atoms with Crippen LogP contribution in [0.2, 0.25) is 5.02 Å². The average Bonchev–Trinajstić information content (AvgIpc) is 3.27. The van der Waals surface area contributed by atoms with Crippen LogP contribution in [0.5, 0.6) is 5.75 Å². The summed E-state index contributed by atoms with van der Waals surface area (Å²) in [6.45, 7) is 4.46. The molecule has 2 aromatic carbocycles. The monoisotopic (exact) mass is 629 g/mol. The Morgan fingerprint density at radius 1 is 1.14 bits per heavy atom. The quantitative estimate of drug-likeness (QED) is 0.418. The Balaban J connectivity index is 1.62. The summed E-state index contributed by atoms with van der Waals surface area (Å²) in [7, 11) is -1.70. The molecule has 0 aromatic heterocycles. The highest BCUT2D eigenvalue weighted by molar-refractivity contribution is 7.91. The van der Waals surface area contributed by atoms with Gasteiger partial charge in [0.2, 0.25) is 11.8 Å². The second-order valence-electron chi connectivity index (χ2n) is 11.3. The summed E-state index contributed by atoms with van der Waals surface area (Å²) in [4.78, 5) is 30.1. The van der Waals surface area contributed by atoms with Crippen molar-refractivity contribution in [1.82, 2.24) is 9.80 Å². The molecule has 0 bridgehead atoms. The van der Waals surface area contributed by atoms with Crippen molar-refractivity contribution < 1.29 is 35.9 Å². The Kier molecular flexibility index (Phi) is 9.49. The van der Waals surface area contributed by atoms with Gasteiger partial charge in [-0.05, 0) is 94.5 Å². The van der Waals surface area contributed by atoms with Gasteiger partial charge in [0, 0.05) is 35.3 Å². The molecule has 1 saturated carbocycles. The molecule has 8 nitrogen and oxygen atoms in total.